The van der Waals surface area contributed by atoms with Gasteiger partial charge in [0.25, 0.3) is 11.6 Å². The summed E-state index contributed by atoms with van der Waals surface area (Å²) < 4.78 is 0. The zero-order valence-electron chi connectivity index (χ0n) is 19.6. The Morgan fingerprint density at radius 1 is 1.09 bits per heavy atom. The van der Waals surface area contributed by atoms with Gasteiger partial charge in [-0.25, -0.2) is 9.69 Å². The minimum Gasteiger partial charge on any atom is -0.366 e. The number of amides is 4. The van der Waals surface area contributed by atoms with Gasteiger partial charge in [-0.15, -0.1) is 0 Å². The maximum absolute atomic E-state index is 14.2. The van der Waals surface area contributed by atoms with Gasteiger partial charge in [-0.1, -0.05) is 45.9 Å². The summed E-state index contributed by atoms with van der Waals surface area (Å²) in [6.07, 6.45) is -0.0390. The zero-order chi connectivity index (χ0) is 24.8. The molecule has 0 aromatic heterocycles. The topological polar surface area (TPSA) is 113 Å². The van der Waals surface area contributed by atoms with E-state index in [9.17, 15) is 24.5 Å². The molecule has 9 nitrogen and oxygen atoms in total. The average Bonchev–Trinajstić information content (AvgIpc) is 2.77. The van der Waals surface area contributed by atoms with Crippen LogP contribution in [0.1, 0.15) is 33.3 Å². The summed E-state index contributed by atoms with van der Waals surface area (Å²) >= 11 is 0. The summed E-state index contributed by atoms with van der Waals surface area (Å²) in [5.74, 6) is -1.23. The minimum atomic E-state index is -1.63. The third kappa shape index (κ3) is 3.61. The molecule has 0 aliphatic carbocycles. The SMILES string of the molecule is CC(C)CN1c2ccc([N+](=O)[O-])cc2C[C@]2(C(=O)NC(=O)N(c3ccccc3)C2=O)[C@@H]1C(C)C. The van der Waals surface area contributed by atoms with Crippen LogP contribution in [-0.2, 0) is 16.0 Å². The fourth-order valence-corrected chi connectivity index (χ4v) is 5.34. The van der Waals surface area contributed by atoms with Crippen molar-refractivity contribution in [1.29, 1.82) is 0 Å². The molecule has 4 rings (SSSR count). The molecule has 34 heavy (non-hydrogen) atoms. The van der Waals surface area contributed by atoms with Crippen LogP contribution >= 0.6 is 0 Å². The molecule has 0 bridgehead atoms. The highest BCUT2D eigenvalue weighted by atomic mass is 16.6. The molecular weight excluding hydrogens is 436 g/mol. The molecule has 0 radical (unpaired) electrons. The summed E-state index contributed by atoms with van der Waals surface area (Å²) in [7, 11) is 0. The summed E-state index contributed by atoms with van der Waals surface area (Å²) in [4.78, 5) is 54.7. The first-order valence-corrected chi connectivity index (χ1v) is 11.4. The number of nitro benzene ring substituents is 1. The van der Waals surface area contributed by atoms with Crippen molar-refractivity contribution in [3.05, 3.63) is 64.2 Å². The second-order valence-corrected chi connectivity index (χ2v) is 9.69. The van der Waals surface area contributed by atoms with Gasteiger partial charge in [-0.3, -0.25) is 25.0 Å². The number of carbonyl (C=O) groups excluding carboxylic acids is 3. The lowest BCUT2D eigenvalue weighted by molar-refractivity contribution is -0.384. The van der Waals surface area contributed by atoms with Crippen molar-refractivity contribution in [3.63, 3.8) is 0 Å². The molecule has 1 spiro atoms. The second-order valence-electron chi connectivity index (χ2n) is 9.69. The van der Waals surface area contributed by atoms with E-state index in [-0.39, 0.29) is 23.9 Å². The molecule has 178 valence electrons. The van der Waals surface area contributed by atoms with Crippen LogP contribution in [0.3, 0.4) is 0 Å². The molecule has 1 fully saturated rings. The lowest BCUT2D eigenvalue weighted by Gasteiger charge is -2.53. The number of hydrogen-bond acceptors (Lipinski definition) is 6. The van der Waals surface area contributed by atoms with Gasteiger partial charge in [0.2, 0.25) is 5.91 Å². The van der Waals surface area contributed by atoms with Crippen LogP contribution in [0.2, 0.25) is 0 Å². The summed E-state index contributed by atoms with van der Waals surface area (Å²) in [5.41, 5.74) is -0.0691. The molecule has 2 atom stereocenters. The number of nitrogens with zero attached hydrogens (tertiary/aromatic N) is 3. The Hall–Kier alpha value is -3.75. The highest BCUT2D eigenvalue weighted by Gasteiger charge is 2.63. The normalized spacial score (nSPS) is 22.4. The van der Waals surface area contributed by atoms with E-state index < -0.39 is 34.2 Å². The molecular formula is C25H28N4O5. The van der Waals surface area contributed by atoms with E-state index in [4.69, 9.17) is 0 Å². The molecule has 1 saturated heterocycles. The van der Waals surface area contributed by atoms with Crippen LogP contribution in [0.5, 0.6) is 0 Å². The number of fused-ring (bicyclic) bond motifs is 1. The van der Waals surface area contributed by atoms with Gasteiger partial charge in [-0.05, 0) is 35.6 Å². The number of nitro groups is 1. The molecule has 4 amide bonds. The van der Waals surface area contributed by atoms with Gasteiger partial charge >= 0.3 is 6.03 Å². The van der Waals surface area contributed by atoms with E-state index in [1.54, 1.807) is 36.4 Å². The van der Waals surface area contributed by atoms with E-state index in [1.807, 2.05) is 32.6 Å². The first kappa shape index (κ1) is 23.4. The van der Waals surface area contributed by atoms with Gasteiger partial charge in [0.15, 0.2) is 5.41 Å². The van der Waals surface area contributed by atoms with Gasteiger partial charge in [0, 0.05) is 30.8 Å². The van der Waals surface area contributed by atoms with Crippen molar-refractivity contribution < 1.29 is 19.3 Å². The fourth-order valence-electron chi connectivity index (χ4n) is 5.34. The highest BCUT2D eigenvalue weighted by Crippen LogP contribution is 2.48. The van der Waals surface area contributed by atoms with Crippen molar-refractivity contribution in [1.82, 2.24) is 5.32 Å². The maximum atomic E-state index is 14.2. The van der Waals surface area contributed by atoms with Crippen LogP contribution < -0.4 is 15.1 Å². The Labute approximate surface area is 197 Å². The van der Waals surface area contributed by atoms with Gasteiger partial charge in [0.1, 0.15) is 0 Å². The van der Waals surface area contributed by atoms with Gasteiger partial charge < -0.3 is 4.90 Å². The number of non-ortho nitro benzene ring substituents is 1. The predicted octanol–water partition coefficient (Wildman–Crippen LogP) is 3.91. The summed E-state index contributed by atoms with van der Waals surface area (Å²) in [5, 5.41) is 13.9. The molecule has 1 N–H and O–H groups in total. The third-order valence-electron chi connectivity index (χ3n) is 6.51. The van der Waals surface area contributed by atoms with Gasteiger partial charge in [0.05, 0.1) is 16.7 Å². The van der Waals surface area contributed by atoms with E-state index >= 15 is 0 Å². The predicted molar refractivity (Wildman–Crippen MR) is 128 cm³/mol. The number of hydrogen-bond donors (Lipinski definition) is 1. The Balaban J connectivity index is 1.96. The van der Waals surface area contributed by atoms with E-state index in [1.165, 1.54) is 12.1 Å². The first-order chi connectivity index (χ1) is 16.1. The number of para-hydroxylation sites is 1. The second kappa shape index (κ2) is 8.55. The minimum absolute atomic E-state index is 0.0390. The van der Waals surface area contributed by atoms with E-state index in [0.717, 1.165) is 10.6 Å². The van der Waals surface area contributed by atoms with Crippen molar-refractivity contribution in [2.75, 3.05) is 16.3 Å². The number of benzene rings is 2. The Morgan fingerprint density at radius 2 is 1.76 bits per heavy atom. The standard InChI is InChI=1S/C25H28N4O5/c1-15(2)14-27-20-11-10-19(29(33)34)12-17(20)13-25(21(27)16(3)4)22(30)26-24(32)28(23(25)31)18-8-6-5-7-9-18/h5-12,15-16,21H,13-14H2,1-4H3,(H,26,30,32)/t21-,25+/m0/s1. The Morgan fingerprint density at radius 3 is 2.35 bits per heavy atom. The van der Waals surface area contributed by atoms with Crippen LogP contribution in [0.4, 0.5) is 21.9 Å². The molecule has 2 aromatic rings. The smallest absolute Gasteiger partial charge is 0.335 e. The fraction of sp³-hybridized carbons (Fsp3) is 0.400. The molecule has 9 heteroatoms. The molecule has 2 aromatic carbocycles. The van der Waals surface area contributed by atoms with E-state index in [0.29, 0.717) is 17.8 Å². The molecule has 2 heterocycles. The van der Waals surface area contributed by atoms with Crippen LogP contribution in [-0.4, -0.2) is 35.4 Å². The molecule has 0 saturated carbocycles. The largest absolute Gasteiger partial charge is 0.366 e. The number of imide groups is 2. The van der Waals surface area contributed by atoms with Crippen LogP contribution in [0.15, 0.2) is 48.5 Å². The number of nitrogens with one attached hydrogen (secondary N) is 1. The maximum Gasteiger partial charge on any atom is 0.335 e. The number of urea groups is 1. The lowest BCUT2D eigenvalue weighted by atomic mass is 9.65. The number of carbonyl (C=O) groups is 3. The van der Waals surface area contributed by atoms with Crippen molar-refractivity contribution in [2.45, 2.75) is 40.2 Å². The Kier molecular flexibility index (Phi) is 5.89. The number of rotatable bonds is 5. The van der Waals surface area contributed by atoms with Crippen LogP contribution in [0.25, 0.3) is 0 Å². The number of anilines is 2. The first-order valence-electron chi connectivity index (χ1n) is 11.4. The lowest BCUT2D eigenvalue weighted by Crippen LogP contribution is -2.73. The summed E-state index contributed by atoms with van der Waals surface area (Å²) in [6.45, 7) is 8.49. The van der Waals surface area contributed by atoms with Crippen molar-refractivity contribution in [3.8, 4) is 0 Å². The van der Waals surface area contributed by atoms with Gasteiger partial charge in [-0.2, -0.15) is 0 Å². The summed E-state index contributed by atoms with van der Waals surface area (Å²) in [6, 6.07) is 11.7. The van der Waals surface area contributed by atoms with Crippen molar-refractivity contribution >= 4 is 34.9 Å². The quantitative estimate of drug-likeness (QED) is 0.408. The monoisotopic (exact) mass is 464 g/mol. The van der Waals surface area contributed by atoms with Crippen molar-refractivity contribution in [2.24, 2.45) is 17.3 Å². The zero-order valence-corrected chi connectivity index (χ0v) is 19.6. The Bertz CT molecular complexity index is 1160. The molecule has 2 aliphatic rings. The van der Waals surface area contributed by atoms with E-state index in [2.05, 4.69) is 5.32 Å². The highest BCUT2D eigenvalue weighted by molar-refractivity contribution is 6.30. The molecule has 2 aliphatic heterocycles. The number of barbiturate groups is 1. The average molecular weight is 465 g/mol. The molecule has 0 unspecified atom stereocenters. The van der Waals surface area contributed by atoms with Crippen LogP contribution in [0, 0.1) is 27.4 Å². The third-order valence-corrected chi connectivity index (χ3v) is 6.51.